The molecule has 1 aromatic heterocycles. The zero-order valence-corrected chi connectivity index (χ0v) is 20.8. The monoisotopic (exact) mass is 487 g/mol. The number of aromatic nitrogens is 3. The summed E-state index contributed by atoms with van der Waals surface area (Å²) >= 11 is 0. The number of hydrogen-bond acceptors (Lipinski definition) is 9. The van der Waals surface area contributed by atoms with Crippen LogP contribution in [0, 0.1) is 10.8 Å². The van der Waals surface area contributed by atoms with E-state index in [1.807, 2.05) is 58.0 Å². The molecule has 0 saturated heterocycles. The Bertz CT molecular complexity index is 1260. The summed E-state index contributed by atoms with van der Waals surface area (Å²) in [5.41, 5.74) is 0.320. The number of Topliss-reactive ketones (excluding diaryl/α,β-unsaturated/α-hetero) is 2. The van der Waals surface area contributed by atoms with Gasteiger partial charge in [-0.25, -0.2) is 9.98 Å². The van der Waals surface area contributed by atoms with Crippen molar-refractivity contribution < 1.29 is 19.8 Å². The first-order valence-corrected chi connectivity index (χ1v) is 11.7. The van der Waals surface area contributed by atoms with Crippen LogP contribution in [-0.2, 0) is 9.59 Å². The van der Waals surface area contributed by atoms with Crippen LogP contribution in [0.1, 0.15) is 53.4 Å². The highest BCUT2D eigenvalue weighted by atomic mass is 16.3. The van der Waals surface area contributed by atoms with Crippen LogP contribution < -0.4 is 0 Å². The van der Waals surface area contributed by atoms with Gasteiger partial charge >= 0.3 is 0 Å². The van der Waals surface area contributed by atoms with Crippen molar-refractivity contribution >= 4 is 35.9 Å². The molecule has 2 N–H and O–H groups in total. The van der Waals surface area contributed by atoms with Crippen LogP contribution in [0.25, 0.3) is 11.4 Å². The molecule has 0 saturated carbocycles. The summed E-state index contributed by atoms with van der Waals surface area (Å²) in [5, 5.41) is 20.8. The van der Waals surface area contributed by atoms with Gasteiger partial charge in [0.2, 0.25) is 0 Å². The van der Waals surface area contributed by atoms with Crippen LogP contribution in [0.15, 0.2) is 63.0 Å². The minimum Gasteiger partial charge on any atom is -0.511 e. The lowest BCUT2D eigenvalue weighted by Crippen LogP contribution is -2.26. The molecule has 0 aliphatic heterocycles. The van der Waals surface area contributed by atoms with Crippen molar-refractivity contribution in [3.8, 4) is 11.4 Å². The van der Waals surface area contributed by atoms with E-state index in [0.29, 0.717) is 37.1 Å². The van der Waals surface area contributed by atoms with Gasteiger partial charge in [-0.15, -0.1) is 0 Å². The highest BCUT2D eigenvalue weighted by Gasteiger charge is 2.33. The van der Waals surface area contributed by atoms with E-state index in [-0.39, 0.29) is 57.0 Å². The SMILES string of the molecule is CC1(C)CC(=O)C(C=Nc2nc(N=CC3=C(O)CC(C)(C)CC3=O)nc(-c3ccccc3)n2)=C(O)C1. The van der Waals surface area contributed by atoms with Gasteiger partial charge in [-0.05, 0) is 10.8 Å². The van der Waals surface area contributed by atoms with Crippen LogP contribution in [0.3, 0.4) is 0 Å². The summed E-state index contributed by atoms with van der Waals surface area (Å²) < 4.78 is 0. The second-order valence-corrected chi connectivity index (χ2v) is 10.7. The number of nitrogens with zero attached hydrogens (tertiary/aromatic N) is 5. The Morgan fingerprint density at radius 1 is 0.722 bits per heavy atom. The van der Waals surface area contributed by atoms with Gasteiger partial charge in [0.25, 0.3) is 11.9 Å². The summed E-state index contributed by atoms with van der Waals surface area (Å²) in [6.07, 6.45) is 3.86. The van der Waals surface area contributed by atoms with Gasteiger partial charge in [0.1, 0.15) is 11.5 Å². The first-order chi connectivity index (χ1) is 16.9. The standard InChI is InChI=1S/C27H29N5O4/c1-26(2)10-19(33)17(20(34)11-26)14-28-24-30-23(16-8-6-5-7-9-16)31-25(32-24)29-15-18-21(35)12-27(3,4)13-22(18)36/h5-9,14-15,33,35H,10-13H2,1-4H3. The van der Waals surface area contributed by atoms with Crippen molar-refractivity contribution in [2.24, 2.45) is 20.8 Å². The van der Waals surface area contributed by atoms with Crippen LogP contribution >= 0.6 is 0 Å². The fourth-order valence-electron chi connectivity index (χ4n) is 4.33. The molecule has 0 radical (unpaired) electrons. The first kappa shape index (κ1) is 25.1. The Morgan fingerprint density at radius 3 is 1.58 bits per heavy atom. The van der Waals surface area contributed by atoms with Crippen molar-refractivity contribution in [1.82, 2.24) is 15.0 Å². The molecule has 0 atom stereocenters. The van der Waals surface area contributed by atoms with Crippen LogP contribution in [0.2, 0.25) is 0 Å². The van der Waals surface area contributed by atoms with Crippen molar-refractivity contribution in [1.29, 1.82) is 0 Å². The van der Waals surface area contributed by atoms with E-state index in [0.717, 1.165) is 0 Å². The molecule has 0 fully saturated rings. The molecule has 2 aromatic rings. The van der Waals surface area contributed by atoms with Gasteiger partial charge in [0, 0.05) is 43.7 Å². The minimum atomic E-state index is -0.319. The van der Waals surface area contributed by atoms with Gasteiger partial charge in [-0.2, -0.15) is 15.0 Å². The number of rotatable bonds is 5. The zero-order chi connectivity index (χ0) is 26.1. The molecule has 9 nitrogen and oxygen atoms in total. The third kappa shape index (κ3) is 5.79. The number of ketones is 2. The molecule has 0 bridgehead atoms. The third-order valence-corrected chi connectivity index (χ3v) is 6.05. The summed E-state index contributed by atoms with van der Waals surface area (Å²) in [6.45, 7) is 7.68. The quantitative estimate of drug-likeness (QED) is 0.542. The van der Waals surface area contributed by atoms with E-state index < -0.39 is 0 Å². The van der Waals surface area contributed by atoms with Crippen LogP contribution in [-0.4, -0.2) is 49.2 Å². The number of aliphatic hydroxyl groups is 2. The molecule has 0 spiro atoms. The van der Waals surface area contributed by atoms with Gasteiger partial charge in [0.05, 0.1) is 11.1 Å². The molecule has 0 unspecified atom stereocenters. The Hall–Kier alpha value is -4.01. The summed E-state index contributed by atoms with van der Waals surface area (Å²) in [6, 6.07) is 9.17. The summed E-state index contributed by atoms with van der Waals surface area (Å²) in [7, 11) is 0. The maximum Gasteiger partial charge on any atom is 0.254 e. The Morgan fingerprint density at radius 2 is 1.17 bits per heavy atom. The van der Waals surface area contributed by atoms with E-state index in [1.165, 1.54) is 12.4 Å². The molecule has 0 amide bonds. The molecule has 9 heteroatoms. The zero-order valence-electron chi connectivity index (χ0n) is 20.8. The molecular formula is C27H29N5O4. The highest BCUT2D eigenvalue weighted by Crippen LogP contribution is 2.36. The first-order valence-electron chi connectivity index (χ1n) is 11.7. The van der Waals surface area contributed by atoms with E-state index in [9.17, 15) is 19.8 Å². The highest BCUT2D eigenvalue weighted by molar-refractivity contribution is 6.15. The number of carbonyl (C=O) groups is 2. The molecule has 1 aromatic carbocycles. The van der Waals surface area contributed by atoms with E-state index in [1.54, 1.807) is 0 Å². The van der Waals surface area contributed by atoms with Crippen LogP contribution in [0.4, 0.5) is 11.9 Å². The molecule has 186 valence electrons. The van der Waals surface area contributed by atoms with E-state index >= 15 is 0 Å². The normalized spacial score (nSPS) is 20.1. The molecule has 2 aliphatic rings. The maximum absolute atomic E-state index is 12.5. The molecular weight excluding hydrogens is 458 g/mol. The fourth-order valence-corrected chi connectivity index (χ4v) is 4.33. The Kier molecular flexibility index (Phi) is 6.67. The lowest BCUT2D eigenvalue weighted by atomic mass is 9.77. The topological polar surface area (TPSA) is 138 Å². The fraction of sp³-hybridized carbons (Fsp3) is 0.370. The predicted octanol–water partition coefficient (Wildman–Crippen LogP) is 5.35. The Labute approximate surface area is 209 Å². The van der Waals surface area contributed by atoms with E-state index in [4.69, 9.17) is 0 Å². The third-order valence-electron chi connectivity index (χ3n) is 6.05. The Balaban J connectivity index is 1.71. The average molecular weight is 488 g/mol. The number of hydrogen-bond donors (Lipinski definition) is 2. The smallest absolute Gasteiger partial charge is 0.254 e. The summed E-state index contributed by atoms with van der Waals surface area (Å²) in [5.74, 6) is -0.165. The van der Waals surface area contributed by atoms with Crippen molar-refractivity contribution in [3.63, 3.8) is 0 Å². The largest absolute Gasteiger partial charge is 0.511 e. The average Bonchev–Trinajstić information content (AvgIpc) is 2.77. The minimum absolute atomic E-state index is 0.0109. The van der Waals surface area contributed by atoms with Crippen LogP contribution in [0.5, 0.6) is 0 Å². The van der Waals surface area contributed by atoms with Crippen molar-refractivity contribution in [2.45, 2.75) is 53.4 Å². The maximum atomic E-state index is 12.5. The number of carbonyl (C=O) groups excluding carboxylic acids is 2. The molecule has 1 heterocycles. The number of benzene rings is 1. The lowest BCUT2D eigenvalue weighted by molar-refractivity contribution is -0.118. The lowest BCUT2D eigenvalue weighted by Gasteiger charge is -2.28. The van der Waals surface area contributed by atoms with Crippen molar-refractivity contribution in [2.75, 3.05) is 0 Å². The van der Waals surface area contributed by atoms with Crippen molar-refractivity contribution in [3.05, 3.63) is 53.0 Å². The van der Waals surface area contributed by atoms with Gasteiger partial charge in [-0.3, -0.25) is 9.59 Å². The second kappa shape index (κ2) is 9.56. The number of aliphatic imine (C=N–C) groups is 2. The van der Waals surface area contributed by atoms with Gasteiger partial charge < -0.3 is 10.2 Å². The summed E-state index contributed by atoms with van der Waals surface area (Å²) in [4.78, 5) is 46.5. The number of allylic oxidation sites excluding steroid dienone is 4. The predicted molar refractivity (Wildman–Crippen MR) is 137 cm³/mol. The number of aliphatic hydroxyl groups excluding tert-OH is 2. The molecule has 36 heavy (non-hydrogen) atoms. The van der Waals surface area contributed by atoms with Gasteiger partial charge in [0.15, 0.2) is 17.4 Å². The molecule has 2 aliphatic carbocycles. The molecule has 4 rings (SSSR count). The van der Waals surface area contributed by atoms with E-state index in [2.05, 4.69) is 24.9 Å². The second-order valence-electron chi connectivity index (χ2n) is 10.7. The van der Waals surface area contributed by atoms with Gasteiger partial charge in [-0.1, -0.05) is 58.0 Å².